The number of halogens is 3. The summed E-state index contributed by atoms with van der Waals surface area (Å²) in [7, 11) is -11.1. The number of ether oxygens (including phenoxy) is 2. The summed E-state index contributed by atoms with van der Waals surface area (Å²) in [6.45, 7) is 13.0. The first-order chi connectivity index (χ1) is 34.5. The van der Waals surface area contributed by atoms with Crippen LogP contribution < -0.4 is 19.7 Å². The number of pyridine rings is 1. The van der Waals surface area contributed by atoms with Crippen molar-refractivity contribution in [2.24, 2.45) is 11.3 Å². The summed E-state index contributed by atoms with van der Waals surface area (Å²) in [5.74, 6) is -0.608. The molecule has 0 bridgehead atoms. The summed E-state index contributed by atoms with van der Waals surface area (Å²) in [6, 6.07) is 20.4. The molecule has 3 saturated heterocycles. The van der Waals surface area contributed by atoms with Crippen LogP contribution >= 0.6 is 0 Å². The Morgan fingerprint density at radius 3 is 2.32 bits per heavy atom. The van der Waals surface area contributed by atoms with Gasteiger partial charge in [0.25, 0.3) is 25.8 Å². The number of alkyl halides is 3. The highest BCUT2D eigenvalue weighted by Gasteiger charge is 2.51. The Hall–Kier alpha value is -5.86. The van der Waals surface area contributed by atoms with Gasteiger partial charge in [0.2, 0.25) is 0 Å². The van der Waals surface area contributed by atoms with Gasteiger partial charge in [0.15, 0.2) is 0 Å². The molecule has 20 heteroatoms. The number of aromatic amines is 1. The number of nitrogens with one attached hydrogen (secondary N) is 3. The Morgan fingerprint density at radius 1 is 0.890 bits per heavy atom. The lowest BCUT2D eigenvalue weighted by Gasteiger charge is -2.56. The third kappa shape index (κ3) is 11.2. The molecule has 3 aliphatic heterocycles. The van der Waals surface area contributed by atoms with E-state index in [0.29, 0.717) is 55.6 Å². The van der Waals surface area contributed by atoms with Gasteiger partial charge >= 0.3 is 11.6 Å². The number of likely N-dealkylation sites (tertiary alicyclic amines) is 2. The van der Waals surface area contributed by atoms with E-state index in [9.17, 15) is 39.6 Å². The molecule has 1 spiro atoms. The van der Waals surface area contributed by atoms with E-state index in [4.69, 9.17) is 9.47 Å². The van der Waals surface area contributed by atoms with Crippen molar-refractivity contribution in [2.75, 3.05) is 49.5 Å². The van der Waals surface area contributed by atoms with Crippen molar-refractivity contribution < 1.29 is 49.1 Å². The average Bonchev–Trinajstić information content (AvgIpc) is 4.02. The van der Waals surface area contributed by atoms with Crippen molar-refractivity contribution >= 4 is 54.3 Å². The second-order valence-electron chi connectivity index (χ2n) is 21.4. The highest BCUT2D eigenvalue weighted by atomic mass is 32.2. The molecule has 2 aromatic heterocycles. The molecule has 1 aliphatic carbocycles. The first-order valence-electron chi connectivity index (χ1n) is 25.1. The van der Waals surface area contributed by atoms with E-state index < -0.39 is 58.4 Å². The fraction of sp³-hybridized carbons (Fsp3) is 0.491. The van der Waals surface area contributed by atoms with E-state index in [1.807, 2.05) is 4.72 Å². The fourth-order valence-corrected chi connectivity index (χ4v) is 13.1. The molecule has 9 rings (SSSR count). The molecule has 2 amide bonds. The van der Waals surface area contributed by atoms with E-state index in [0.717, 1.165) is 68.5 Å². The zero-order valence-electron chi connectivity index (χ0n) is 41.8. The molecule has 3 aromatic carbocycles. The lowest BCUT2D eigenvalue weighted by molar-refractivity contribution is -0.0436. The van der Waals surface area contributed by atoms with Crippen LogP contribution in [0.5, 0.6) is 11.5 Å². The Labute approximate surface area is 425 Å². The van der Waals surface area contributed by atoms with Gasteiger partial charge in [-0.2, -0.15) is 13.2 Å². The lowest BCUT2D eigenvalue weighted by atomic mass is 9.59. The molecule has 1 atom stereocenters. The standard InChI is InChI=1S/C53H64F3N7O8S2/c1-34(2)41-9-6-7-10-42(41)45-11-8-22-63(45)38-30-52(31-38)19-25-61(26-20-52)37-12-14-43(46(28-37)70-39-27-36-16-21-57-48(36)59-33-39)49(64)60-73(68,69)40-13-15-44(47(29-40)72(66,67)53(54,55)56)58-32-35-17-23-62(24-18-35)50(65)71-51(3,4)5/h6-7,9-10,12-16,21,27-29,33-35,38,45,58H,8,11,17-20,22-26,30-32H2,1-5H3,(H,57,59)(H,60,64)/t45-/m0/s1. The van der Waals surface area contributed by atoms with Crippen LogP contribution in [0, 0.1) is 11.3 Å². The Bertz CT molecular complexity index is 3080. The number of carbonyl (C=O) groups excluding carboxylic acids is 2. The smallest absolute Gasteiger partial charge is 0.455 e. The molecule has 5 aromatic rings. The van der Waals surface area contributed by atoms with Crippen LogP contribution in [0.1, 0.15) is 119 Å². The number of hydrogen-bond acceptors (Lipinski definition) is 12. The highest BCUT2D eigenvalue weighted by molar-refractivity contribution is 7.92. The molecular formula is C53H64F3N7O8S2. The van der Waals surface area contributed by atoms with Gasteiger partial charge in [-0.1, -0.05) is 38.1 Å². The molecule has 0 radical (unpaired) electrons. The van der Waals surface area contributed by atoms with Crippen molar-refractivity contribution in [1.29, 1.82) is 0 Å². The van der Waals surface area contributed by atoms with E-state index in [1.54, 1.807) is 51.2 Å². The van der Waals surface area contributed by atoms with E-state index >= 15 is 0 Å². The number of nitrogens with zero attached hydrogens (tertiary/aromatic N) is 4. The lowest BCUT2D eigenvalue weighted by Crippen LogP contribution is -2.54. The highest BCUT2D eigenvalue weighted by Crippen LogP contribution is 2.54. The maximum Gasteiger partial charge on any atom is 0.501 e. The van der Waals surface area contributed by atoms with Crippen LogP contribution in [0.4, 0.5) is 29.3 Å². The summed E-state index contributed by atoms with van der Waals surface area (Å²) in [4.78, 5) is 38.3. The number of amides is 2. The zero-order chi connectivity index (χ0) is 52.1. The minimum Gasteiger partial charge on any atom is -0.455 e. The number of sulfone groups is 1. The van der Waals surface area contributed by atoms with Gasteiger partial charge in [0, 0.05) is 68.1 Å². The van der Waals surface area contributed by atoms with Gasteiger partial charge in [-0.15, -0.1) is 0 Å². The van der Waals surface area contributed by atoms with Crippen molar-refractivity contribution in [3.8, 4) is 11.5 Å². The predicted octanol–water partition coefficient (Wildman–Crippen LogP) is 10.5. The van der Waals surface area contributed by atoms with Crippen LogP contribution in [0.2, 0.25) is 0 Å². The van der Waals surface area contributed by atoms with Crippen LogP contribution in [0.15, 0.2) is 95.0 Å². The normalized spacial score (nSPS) is 19.3. The second-order valence-corrected chi connectivity index (χ2v) is 25.0. The molecule has 5 heterocycles. The molecule has 1 saturated carbocycles. The van der Waals surface area contributed by atoms with Gasteiger partial charge in [0.1, 0.15) is 27.6 Å². The van der Waals surface area contributed by atoms with Gasteiger partial charge in [-0.25, -0.2) is 31.3 Å². The first kappa shape index (κ1) is 52.0. The third-order valence-corrected chi connectivity index (χ3v) is 17.9. The van der Waals surface area contributed by atoms with Crippen LogP contribution in [-0.2, 0) is 24.6 Å². The second kappa shape index (κ2) is 20.1. The van der Waals surface area contributed by atoms with Crippen molar-refractivity contribution in [3.05, 3.63) is 102 Å². The number of hydrogen-bond donors (Lipinski definition) is 3. The number of benzene rings is 3. The van der Waals surface area contributed by atoms with Crippen LogP contribution in [-0.4, -0.2) is 105 Å². The number of H-pyrrole nitrogens is 1. The summed E-state index contributed by atoms with van der Waals surface area (Å²) < 4.78 is 110. The minimum atomic E-state index is -6.10. The molecular weight excluding hydrogens is 984 g/mol. The maximum absolute atomic E-state index is 14.2. The topological polar surface area (TPSA) is 183 Å². The molecule has 0 unspecified atom stereocenters. The largest absolute Gasteiger partial charge is 0.501 e. The number of rotatable bonds is 13. The van der Waals surface area contributed by atoms with Crippen LogP contribution in [0.3, 0.4) is 0 Å². The monoisotopic (exact) mass is 1050 g/mol. The van der Waals surface area contributed by atoms with Crippen molar-refractivity contribution in [1.82, 2.24) is 24.5 Å². The molecule has 3 N–H and O–H groups in total. The SMILES string of the molecule is CC(C)c1ccccc1[C@@H]1CCCN1C1CC2(CCN(c3ccc(C(=O)NS(=O)(=O)c4ccc(NCC5CCN(C(=O)OC(C)(C)C)CC5)c(S(=O)(=O)C(F)(F)F)c4)c(Oc4cnc5[nH]ccc5c4)c3)CC2)C1. The number of anilines is 2. The number of piperidine rings is 2. The Morgan fingerprint density at radius 2 is 1.62 bits per heavy atom. The predicted molar refractivity (Wildman–Crippen MR) is 272 cm³/mol. The van der Waals surface area contributed by atoms with Gasteiger partial charge < -0.3 is 29.6 Å². The molecule has 15 nitrogen and oxygen atoms in total. The van der Waals surface area contributed by atoms with E-state index in [2.05, 4.69) is 63.2 Å². The van der Waals surface area contributed by atoms with Crippen molar-refractivity contribution in [3.63, 3.8) is 0 Å². The molecule has 73 heavy (non-hydrogen) atoms. The summed E-state index contributed by atoms with van der Waals surface area (Å²) in [5, 5.41) is 3.49. The summed E-state index contributed by atoms with van der Waals surface area (Å²) >= 11 is 0. The van der Waals surface area contributed by atoms with Gasteiger partial charge in [-0.05, 0) is 150 Å². The zero-order valence-corrected chi connectivity index (χ0v) is 43.4. The molecule has 4 aliphatic rings. The van der Waals surface area contributed by atoms with Crippen molar-refractivity contribution in [2.45, 2.75) is 125 Å². The Kier molecular flexibility index (Phi) is 14.3. The summed E-state index contributed by atoms with van der Waals surface area (Å²) in [6.07, 6.45) is 10.2. The number of fused-ring (bicyclic) bond motifs is 1. The minimum absolute atomic E-state index is 0.00412. The fourth-order valence-electron chi connectivity index (χ4n) is 11.1. The van der Waals surface area contributed by atoms with E-state index in [1.165, 1.54) is 41.1 Å². The number of carbonyl (C=O) groups is 2. The number of aromatic nitrogens is 2. The van der Waals surface area contributed by atoms with Crippen LogP contribution in [0.25, 0.3) is 11.0 Å². The third-order valence-electron chi connectivity index (χ3n) is 15.0. The number of sulfonamides is 1. The summed E-state index contributed by atoms with van der Waals surface area (Å²) in [5.41, 5.74) is -2.70. The van der Waals surface area contributed by atoms with E-state index in [-0.39, 0.29) is 34.9 Å². The molecule has 392 valence electrons. The Balaban J connectivity index is 0.905. The maximum atomic E-state index is 14.2. The van der Waals surface area contributed by atoms with Gasteiger partial charge in [-0.3, -0.25) is 9.69 Å². The molecule has 4 fully saturated rings. The quantitative estimate of drug-likeness (QED) is 0.102. The first-order valence-corrected chi connectivity index (χ1v) is 28.0. The average molecular weight is 1050 g/mol. The van der Waals surface area contributed by atoms with Gasteiger partial charge in [0.05, 0.1) is 22.3 Å².